The molecule has 2 aromatic carbocycles. The number of carbonyl (C=O) groups is 1. The minimum absolute atomic E-state index is 0.0253. The number of phenolic OH excluding ortho intramolecular Hbond substituents is 1. The third-order valence-corrected chi connectivity index (χ3v) is 8.37. The molecule has 0 aromatic heterocycles. The molecule has 4 N–H and O–H groups in total. The van der Waals surface area contributed by atoms with Crippen LogP contribution in [-0.2, 0) is 10.0 Å². The first-order valence-corrected chi connectivity index (χ1v) is 15.7. The summed E-state index contributed by atoms with van der Waals surface area (Å²) in [5, 5.41) is 23.6. The van der Waals surface area contributed by atoms with Crippen LogP contribution in [-0.4, -0.2) is 74.1 Å². The van der Waals surface area contributed by atoms with Crippen LogP contribution in [0.2, 0.25) is 0 Å². The zero-order valence-corrected chi connectivity index (χ0v) is 23.6. The molecule has 2 aliphatic rings. The highest BCUT2D eigenvalue weighted by Crippen LogP contribution is 2.33. The molecule has 0 unspecified atom stereocenters. The standard InChI is InChI=1S/C29H41N3O6S/c1-20-13-15-32(16-14-20)29(35)23-5-3-21(4-6-23)22-7-9-24(10-8-22)30-18-25(33)19-38-26-11-12-28(34)27(17-26)31-39(2,36)37/h3-6,11-12,17,20,22,24-25,30-31,33-34H,7-10,13-16,18-19H2,1-2H3/t22?,24?,25-/m0/s1. The molecule has 1 amide bonds. The van der Waals surface area contributed by atoms with E-state index in [9.17, 15) is 23.4 Å². The SMILES string of the molecule is CC1CCN(C(=O)c2ccc(C3CCC(NC[C@H](O)COc4ccc(O)c(NS(C)(=O)=O)c4)CC3)cc2)CC1. The second kappa shape index (κ2) is 13.0. The molecule has 1 atom stereocenters. The number of likely N-dealkylation sites (tertiary alicyclic amines) is 1. The van der Waals surface area contributed by atoms with Gasteiger partial charge in [-0.2, -0.15) is 0 Å². The van der Waals surface area contributed by atoms with Gasteiger partial charge in [-0.05, 0) is 80.2 Å². The average Bonchev–Trinajstić information content (AvgIpc) is 2.92. The molecule has 39 heavy (non-hydrogen) atoms. The molecule has 0 spiro atoms. The first-order valence-electron chi connectivity index (χ1n) is 13.8. The molecule has 1 heterocycles. The van der Waals surface area contributed by atoms with E-state index in [-0.39, 0.29) is 24.0 Å². The van der Waals surface area contributed by atoms with Gasteiger partial charge in [0.25, 0.3) is 5.91 Å². The number of aliphatic hydroxyl groups excluding tert-OH is 1. The van der Waals surface area contributed by atoms with Crippen LogP contribution in [0, 0.1) is 5.92 Å². The lowest BCUT2D eigenvalue weighted by Gasteiger charge is -2.31. The Balaban J connectivity index is 1.18. The summed E-state index contributed by atoms with van der Waals surface area (Å²) >= 11 is 0. The average molecular weight is 560 g/mol. The Morgan fingerprint density at radius 3 is 2.36 bits per heavy atom. The van der Waals surface area contributed by atoms with Gasteiger partial charge >= 0.3 is 0 Å². The van der Waals surface area contributed by atoms with Crippen molar-refractivity contribution in [1.29, 1.82) is 0 Å². The molecule has 2 fully saturated rings. The number of rotatable bonds is 10. The number of anilines is 1. The maximum Gasteiger partial charge on any atom is 0.253 e. The zero-order chi connectivity index (χ0) is 28.0. The third-order valence-electron chi connectivity index (χ3n) is 7.77. The Kier molecular flexibility index (Phi) is 9.74. The molecule has 1 aliphatic carbocycles. The van der Waals surface area contributed by atoms with Gasteiger partial charge in [-0.25, -0.2) is 8.42 Å². The molecule has 214 valence electrons. The van der Waals surface area contributed by atoms with Crippen molar-refractivity contribution in [2.24, 2.45) is 5.92 Å². The minimum Gasteiger partial charge on any atom is -0.506 e. The quantitative estimate of drug-likeness (QED) is 0.327. The lowest BCUT2D eigenvalue weighted by Crippen LogP contribution is -2.39. The number of sulfonamides is 1. The first kappa shape index (κ1) is 29.2. The van der Waals surface area contributed by atoms with Gasteiger partial charge < -0.3 is 25.2 Å². The maximum absolute atomic E-state index is 12.8. The number of hydrogen-bond donors (Lipinski definition) is 4. The smallest absolute Gasteiger partial charge is 0.253 e. The number of piperidine rings is 1. The van der Waals surface area contributed by atoms with Crippen LogP contribution in [0.5, 0.6) is 11.5 Å². The number of ether oxygens (including phenoxy) is 1. The van der Waals surface area contributed by atoms with Crippen LogP contribution < -0.4 is 14.8 Å². The number of nitrogens with zero attached hydrogens (tertiary/aromatic N) is 1. The largest absolute Gasteiger partial charge is 0.506 e. The van der Waals surface area contributed by atoms with Gasteiger partial charge in [-0.3, -0.25) is 9.52 Å². The summed E-state index contributed by atoms with van der Waals surface area (Å²) in [6, 6.07) is 12.7. The number of carbonyl (C=O) groups excluding carboxylic acids is 1. The number of benzene rings is 2. The number of aromatic hydroxyl groups is 1. The number of nitrogens with one attached hydrogen (secondary N) is 2. The molecule has 10 heteroatoms. The van der Waals surface area contributed by atoms with E-state index < -0.39 is 16.1 Å². The Labute approximate surface area is 231 Å². The highest BCUT2D eigenvalue weighted by Gasteiger charge is 2.24. The van der Waals surface area contributed by atoms with Crippen molar-refractivity contribution in [3.8, 4) is 11.5 Å². The fourth-order valence-electron chi connectivity index (χ4n) is 5.36. The molecule has 9 nitrogen and oxygen atoms in total. The molecule has 1 saturated heterocycles. The molecule has 1 aliphatic heterocycles. The van der Waals surface area contributed by atoms with Crippen molar-refractivity contribution in [1.82, 2.24) is 10.2 Å². The molecular formula is C29H41N3O6S. The Bertz CT molecular complexity index is 1200. The van der Waals surface area contributed by atoms with Gasteiger partial charge in [0.05, 0.1) is 11.9 Å². The Morgan fingerprint density at radius 2 is 1.72 bits per heavy atom. The van der Waals surface area contributed by atoms with E-state index in [1.807, 2.05) is 17.0 Å². The monoisotopic (exact) mass is 559 g/mol. The number of phenols is 1. The normalized spacial score (nSPS) is 21.4. The van der Waals surface area contributed by atoms with Crippen molar-refractivity contribution < 1.29 is 28.2 Å². The van der Waals surface area contributed by atoms with Gasteiger partial charge in [-0.1, -0.05) is 19.1 Å². The van der Waals surface area contributed by atoms with Crippen molar-refractivity contribution >= 4 is 21.6 Å². The van der Waals surface area contributed by atoms with E-state index in [1.54, 1.807) is 0 Å². The summed E-state index contributed by atoms with van der Waals surface area (Å²) < 4.78 is 30.7. The van der Waals surface area contributed by atoms with E-state index in [0.29, 0.717) is 30.2 Å². The fourth-order valence-corrected chi connectivity index (χ4v) is 5.93. The van der Waals surface area contributed by atoms with Crippen molar-refractivity contribution in [3.63, 3.8) is 0 Å². The van der Waals surface area contributed by atoms with Gasteiger partial charge in [0.2, 0.25) is 10.0 Å². The second-order valence-electron chi connectivity index (χ2n) is 11.1. The van der Waals surface area contributed by atoms with E-state index in [4.69, 9.17) is 4.74 Å². The van der Waals surface area contributed by atoms with Crippen LogP contribution >= 0.6 is 0 Å². The molecular weight excluding hydrogens is 518 g/mol. The third kappa shape index (κ3) is 8.58. The summed E-state index contributed by atoms with van der Waals surface area (Å²) in [6.45, 7) is 4.36. The Morgan fingerprint density at radius 1 is 1.05 bits per heavy atom. The van der Waals surface area contributed by atoms with E-state index in [2.05, 4.69) is 29.1 Å². The van der Waals surface area contributed by atoms with Gasteiger partial charge in [0.15, 0.2) is 0 Å². The van der Waals surface area contributed by atoms with Crippen molar-refractivity contribution in [2.75, 3.05) is 37.2 Å². The predicted octanol–water partition coefficient (Wildman–Crippen LogP) is 3.69. The number of amides is 1. The van der Waals surface area contributed by atoms with Crippen LogP contribution in [0.15, 0.2) is 42.5 Å². The topological polar surface area (TPSA) is 128 Å². The van der Waals surface area contributed by atoms with Crippen LogP contribution in [0.3, 0.4) is 0 Å². The van der Waals surface area contributed by atoms with E-state index in [0.717, 1.165) is 63.4 Å². The fraction of sp³-hybridized carbons (Fsp3) is 0.552. The van der Waals surface area contributed by atoms with Gasteiger partial charge in [0.1, 0.15) is 24.2 Å². The molecule has 1 saturated carbocycles. The lowest BCUT2D eigenvalue weighted by atomic mass is 9.81. The second-order valence-corrected chi connectivity index (χ2v) is 12.8. The summed E-state index contributed by atoms with van der Waals surface area (Å²) in [6.07, 6.45) is 6.52. The number of aliphatic hydroxyl groups is 1. The molecule has 2 aromatic rings. The molecule has 0 bridgehead atoms. The maximum atomic E-state index is 12.8. The van der Waals surface area contributed by atoms with Gasteiger partial charge in [-0.15, -0.1) is 0 Å². The highest BCUT2D eigenvalue weighted by atomic mass is 32.2. The van der Waals surface area contributed by atoms with Crippen LogP contribution in [0.1, 0.15) is 67.3 Å². The molecule has 4 rings (SSSR count). The Hall–Kier alpha value is -2.82. The van der Waals surface area contributed by atoms with Crippen molar-refractivity contribution in [3.05, 3.63) is 53.6 Å². The van der Waals surface area contributed by atoms with Crippen molar-refractivity contribution in [2.45, 2.75) is 63.5 Å². The van der Waals surface area contributed by atoms with E-state index >= 15 is 0 Å². The van der Waals surface area contributed by atoms with Crippen LogP contribution in [0.4, 0.5) is 5.69 Å². The lowest BCUT2D eigenvalue weighted by molar-refractivity contribution is 0.0697. The number of hydrogen-bond acceptors (Lipinski definition) is 7. The first-order chi connectivity index (χ1) is 18.6. The highest BCUT2D eigenvalue weighted by molar-refractivity contribution is 7.92. The van der Waals surface area contributed by atoms with Crippen LogP contribution in [0.25, 0.3) is 0 Å². The van der Waals surface area contributed by atoms with Gasteiger partial charge in [0, 0.05) is 37.3 Å². The summed E-state index contributed by atoms with van der Waals surface area (Å²) in [5.41, 5.74) is 2.08. The zero-order valence-electron chi connectivity index (χ0n) is 22.8. The summed E-state index contributed by atoms with van der Waals surface area (Å²) in [4.78, 5) is 14.8. The predicted molar refractivity (Wildman–Crippen MR) is 152 cm³/mol. The summed E-state index contributed by atoms with van der Waals surface area (Å²) in [7, 11) is -3.54. The van der Waals surface area contributed by atoms with E-state index in [1.165, 1.54) is 23.8 Å². The molecule has 0 radical (unpaired) electrons. The minimum atomic E-state index is -3.54. The summed E-state index contributed by atoms with van der Waals surface area (Å²) in [5.74, 6) is 1.45.